The number of nitrogens with zero attached hydrogens (tertiary/aromatic N) is 4. The van der Waals surface area contributed by atoms with Gasteiger partial charge in [-0.15, -0.1) is 5.10 Å². The second-order valence-electron chi connectivity index (χ2n) is 3.92. The maximum absolute atomic E-state index is 11.1. The van der Waals surface area contributed by atoms with Crippen LogP contribution >= 0.6 is 0 Å². The van der Waals surface area contributed by atoms with E-state index in [9.17, 15) is 4.79 Å². The third kappa shape index (κ3) is 2.01. The van der Waals surface area contributed by atoms with Gasteiger partial charge in [-0.25, -0.2) is 4.68 Å². The molecule has 0 fully saturated rings. The van der Waals surface area contributed by atoms with E-state index < -0.39 is 0 Å². The number of benzene rings is 1. The molecule has 2 aromatic heterocycles. The molecule has 0 spiro atoms. The van der Waals surface area contributed by atoms with Gasteiger partial charge in [-0.1, -0.05) is 23.4 Å². The van der Waals surface area contributed by atoms with Crippen molar-refractivity contribution in [2.75, 3.05) is 0 Å². The maximum atomic E-state index is 11.1. The zero-order valence-corrected chi connectivity index (χ0v) is 9.97. The monoisotopic (exact) mass is 250 g/mol. The van der Waals surface area contributed by atoms with Crippen molar-refractivity contribution in [1.29, 1.82) is 0 Å². The highest BCUT2D eigenvalue weighted by atomic mass is 16.1. The van der Waals surface area contributed by atoms with Crippen molar-refractivity contribution < 1.29 is 4.79 Å². The van der Waals surface area contributed by atoms with Crippen LogP contribution in [0.15, 0.2) is 54.9 Å². The molecule has 92 valence electrons. The third-order valence-corrected chi connectivity index (χ3v) is 2.76. The second-order valence-corrected chi connectivity index (χ2v) is 3.92. The van der Waals surface area contributed by atoms with Crippen LogP contribution in [-0.2, 0) is 0 Å². The van der Waals surface area contributed by atoms with Crippen LogP contribution in [-0.4, -0.2) is 26.3 Å². The molecule has 0 aliphatic carbocycles. The Morgan fingerprint density at radius 1 is 1.00 bits per heavy atom. The Morgan fingerprint density at radius 3 is 2.42 bits per heavy atom. The summed E-state index contributed by atoms with van der Waals surface area (Å²) in [7, 11) is 0. The van der Waals surface area contributed by atoms with Crippen LogP contribution in [0, 0.1) is 0 Å². The number of pyridine rings is 1. The number of hydrogen-bond donors (Lipinski definition) is 0. The molecule has 5 nitrogen and oxygen atoms in total. The van der Waals surface area contributed by atoms with Crippen molar-refractivity contribution in [3.8, 4) is 16.9 Å². The van der Waals surface area contributed by atoms with E-state index in [1.54, 1.807) is 17.1 Å². The smallest absolute Gasteiger partial charge is 0.172 e. The number of aromatic nitrogens is 4. The van der Waals surface area contributed by atoms with Gasteiger partial charge in [0.15, 0.2) is 12.0 Å². The highest BCUT2D eigenvalue weighted by Gasteiger charge is 2.15. The topological polar surface area (TPSA) is 60.7 Å². The third-order valence-electron chi connectivity index (χ3n) is 2.76. The van der Waals surface area contributed by atoms with E-state index in [0.29, 0.717) is 17.7 Å². The summed E-state index contributed by atoms with van der Waals surface area (Å²) in [5.74, 6) is 0. The molecule has 3 aromatic rings. The van der Waals surface area contributed by atoms with Crippen molar-refractivity contribution >= 4 is 6.29 Å². The summed E-state index contributed by atoms with van der Waals surface area (Å²) in [6, 6.07) is 13.2. The Morgan fingerprint density at radius 2 is 1.74 bits per heavy atom. The Labute approximate surface area is 109 Å². The van der Waals surface area contributed by atoms with Gasteiger partial charge in [0, 0.05) is 18.0 Å². The van der Waals surface area contributed by atoms with Gasteiger partial charge in [0.25, 0.3) is 0 Å². The lowest BCUT2D eigenvalue weighted by molar-refractivity contribution is 0.111. The molecule has 0 amide bonds. The van der Waals surface area contributed by atoms with Crippen molar-refractivity contribution in [3.63, 3.8) is 0 Å². The lowest BCUT2D eigenvalue weighted by Crippen LogP contribution is -1.99. The van der Waals surface area contributed by atoms with Gasteiger partial charge < -0.3 is 0 Å². The first-order valence-corrected chi connectivity index (χ1v) is 5.77. The number of carbonyl (C=O) groups is 1. The molecule has 2 heterocycles. The molecular weight excluding hydrogens is 240 g/mol. The molecule has 19 heavy (non-hydrogen) atoms. The molecule has 0 aliphatic rings. The molecule has 0 bridgehead atoms. The zero-order chi connectivity index (χ0) is 13.1. The summed E-state index contributed by atoms with van der Waals surface area (Å²) in [5.41, 5.74) is 2.69. The summed E-state index contributed by atoms with van der Waals surface area (Å²) in [5, 5.41) is 7.96. The van der Waals surface area contributed by atoms with Gasteiger partial charge in [0.1, 0.15) is 5.69 Å². The van der Waals surface area contributed by atoms with E-state index in [1.165, 1.54) is 0 Å². The standard InChI is InChI=1S/C14H10N4O/c19-10-13-14(11-6-8-15-9-7-11)18(17-16-13)12-4-2-1-3-5-12/h1-10H. The van der Waals surface area contributed by atoms with E-state index in [1.807, 2.05) is 42.5 Å². The van der Waals surface area contributed by atoms with Gasteiger partial charge in [0.2, 0.25) is 0 Å². The van der Waals surface area contributed by atoms with Crippen LogP contribution in [0.4, 0.5) is 0 Å². The summed E-state index contributed by atoms with van der Waals surface area (Å²) in [4.78, 5) is 15.1. The highest BCUT2D eigenvalue weighted by Crippen LogP contribution is 2.23. The second kappa shape index (κ2) is 4.81. The molecule has 0 unspecified atom stereocenters. The Kier molecular flexibility index (Phi) is 2.86. The molecule has 0 aliphatic heterocycles. The quantitative estimate of drug-likeness (QED) is 0.668. The van der Waals surface area contributed by atoms with Crippen molar-refractivity contribution in [2.24, 2.45) is 0 Å². The van der Waals surface area contributed by atoms with E-state index >= 15 is 0 Å². The summed E-state index contributed by atoms with van der Waals surface area (Å²) in [6.45, 7) is 0. The van der Waals surface area contributed by atoms with Crippen molar-refractivity contribution in [3.05, 3.63) is 60.6 Å². The summed E-state index contributed by atoms with van der Waals surface area (Å²) < 4.78 is 1.65. The van der Waals surface area contributed by atoms with Gasteiger partial charge in [-0.05, 0) is 24.3 Å². The van der Waals surface area contributed by atoms with Crippen LogP contribution in [0.2, 0.25) is 0 Å². The van der Waals surface area contributed by atoms with E-state index in [2.05, 4.69) is 15.3 Å². The summed E-state index contributed by atoms with van der Waals surface area (Å²) in [6.07, 6.45) is 4.06. The fourth-order valence-electron chi connectivity index (χ4n) is 1.90. The van der Waals surface area contributed by atoms with Gasteiger partial charge in [-0.2, -0.15) is 0 Å². The number of para-hydroxylation sites is 1. The Bertz CT molecular complexity index is 692. The highest BCUT2D eigenvalue weighted by molar-refractivity contribution is 5.83. The minimum atomic E-state index is 0.315. The maximum Gasteiger partial charge on any atom is 0.172 e. The normalized spacial score (nSPS) is 10.3. The largest absolute Gasteiger partial charge is 0.296 e. The molecule has 0 radical (unpaired) electrons. The first kappa shape index (κ1) is 11.3. The molecule has 0 atom stereocenters. The minimum absolute atomic E-state index is 0.315. The number of rotatable bonds is 3. The Balaban J connectivity index is 2.23. The molecule has 0 N–H and O–H groups in total. The molecule has 5 heteroatoms. The minimum Gasteiger partial charge on any atom is -0.296 e. The fourth-order valence-corrected chi connectivity index (χ4v) is 1.90. The zero-order valence-electron chi connectivity index (χ0n) is 9.97. The number of carbonyl (C=O) groups excluding carboxylic acids is 1. The lowest BCUT2D eigenvalue weighted by atomic mass is 10.1. The lowest BCUT2D eigenvalue weighted by Gasteiger charge is -2.06. The molecule has 1 aromatic carbocycles. The van der Waals surface area contributed by atoms with Crippen molar-refractivity contribution in [2.45, 2.75) is 0 Å². The average molecular weight is 250 g/mol. The fraction of sp³-hybridized carbons (Fsp3) is 0. The molecule has 0 saturated heterocycles. The molecular formula is C14H10N4O. The predicted octanol–water partition coefficient (Wildman–Crippen LogP) is 2.14. The first-order valence-electron chi connectivity index (χ1n) is 5.77. The predicted molar refractivity (Wildman–Crippen MR) is 70.0 cm³/mol. The van der Waals surface area contributed by atoms with Gasteiger partial charge in [-0.3, -0.25) is 9.78 Å². The summed E-state index contributed by atoms with van der Waals surface area (Å²) >= 11 is 0. The van der Waals surface area contributed by atoms with Gasteiger partial charge in [0.05, 0.1) is 5.69 Å². The van der Waals surface area contributed by atoms with E-state index in [4.69, 9.17) is 0 Å². The van der Waals surface area contributed by atoms with Crippen molar-refractivity contribution in [1.82, 2.24) is 20.0 Å². The van der Waals surface area contributed by atoms with Crippen LogP contribution in [0.1, 0.15) is 10.5 Å². The van der Waals surface area contributed by atoms with Crippen LogP contribution < -0.4 is 0 Å². The Hall–Kier alpha value is -2.82. The SMILES string of the molecule is O=Cc1nnn(-c2ccccc2)c1-c1ccncc1. The molecule has 0 saturated carbocycles. The number of aldehydes is 1. The van der Waals surface area contributed by atoms with Gasteiger partial charge >= 0.3 is 0 Å². The van der Waals surface area contributed by atoms with Crippen LogP contribution in [0.25, 0.3) is 16.9 Å². The average Bonchev–Trinajstić information content (AvgIpc) is 2.93. The van der Waals surface area contributed by atoms with E-state index in [0.717, 1.165) is 11.3 Å². The van der Waals surface area contributed by atoms with E-state index in [-0.39, 0.29) is 0 Å². The first-order chi connectivity index (χ1) is 9.40. The van der Waals surface area contributed by atoms with Crippen LogP contribution in [0.5, 0.6) is 0 Å². The molecule has 3 rings (SSSR count). The van der Waals surface area contributed by atoms with Crippen LogP contribution in [0.3, 0.4) is 0 Å². The number of hydrogen-bond acceptors (Lipinski definition) is 4.